The van der Waals surface area contributed by atoms with Gasteiger partial charge in [-0.25, -0.2) is 0 Å². The summed E-state index contributed by atoms with van der Waals surface area (Å²) in [5.74, 6) is -0.219. The molecular formula is C13H16BrNO3. The van der Waals surface area contributed by atoms with E-state index in [1.165, 1.54) is 0 Å². The predicted octanol–water partition coefficient (Wildman–Crippen LogP) is 1.87. The smallest absolute Gasteiger partial charge is 0.308 e. The number of rotatable bonds is 4. The lowest BCUT2D eigenvalue weighted by atomic mass is 10.2. The summed E-state index contributed by atoms with van der Waals surface area (Å²) < 4.78 is 11.6. The number of carbonyl (C=O) groups excluding carboxylic acids is 1. The van der Waals surface area contributed by atoms with Gasteiger partial charge in [-0.2, -0.15) is 0 Å². The van der Waals surface area contributed by atoms with E-state index in [1.54, 1.807) is 0 Å². The normalized spacial score (nSPS) is 19.5. The lowest BCUT2D eigenvalue weighted by Crippen LogP contribution is -2.39. The van der Waals surface area contributed by atoms with Crippen molar-refractivity contribution in [2.75, 3.05) is 19.7 Å². The molecule has 1 aromatic rings. The monoisotopic (exact) mass is 313 g/mol. The molecule has 0 bridgehead atoms. The second-order valence-corrected chi connectivity index (χ2v) is 5.11. The van der Waals surface area contributed by atoms with E-state index in [4.69, 9.17) is 9.47 Å². The van der Waals surface area contributed by atoms with E-state index in [0.29, 0.717) is 26.2 Å². The summed E-state index contributed by atoms with van der Waals surface area (Å²) in [6.07, 6.45) is 0.245. The number of benzene rings is 1. The summed E-state index contributed by atoms with van der Waals surface area (Å²) in [4.78, 5) is 11.6. The molecule has 0 spiro atoms. The molecule has 1 unspecified atom stereocenters. The van der Waals surface area contributed by atoms with E-state index in [-0.39, 0.29) is 12.1 Å². The Labute approximate surface area is 115 Å². The van der Waals surface area contributed by atoms with Crippen LogP contribution < -0.4 is 5.32 Å². The zero-order valence-electron chi connectivity index (χ0n) is 10.0. The van der Waals surface area contributed by atoms with E-state index in [0.717, 1.165) is 16.6 Å². The van der Waals surface area contributed by atoms with Crippen molar-refractivity contribution in [1.29, 1.82) is 0 Å². The van der Waals surface area contributed by atoms with Gasteiger partial charge in [0.05, 0.1) is 19.1 Å². The Kier molecular flexibility index (Phi) is 5.16. The quantitative estimate of drug-likeness (QED) is 0.862. The Morgan fingerprint density at radius 1 is 1.56 bits per heavy atom. The van der Waals surface area contributed by atoms with Crippen molar-refractivity contribution in [1.82, 2.24) is 5.32 Å². The van der Waals surface area contributed by atoms with Crippen LogP contribution in [0.1, 0.15) is 12.0 Å². The Balaban J connectivity index is 1.74. The summed E-state index contributed by atoms with van der Waals surface area (Å²) in [7, 11) is 0. The fraction of sp³-hybridized carbons (Fsp3) is 0.462. The van der Waals surface area contributed by atoms with Gasteiger partial charge in [-0.05, 0) is 17.7 Å². The molecule has 0 radical (unpaired) electrons. The van der Waals surface area contributed by atoms with Crippen LogP contribution in [-0.2, 0) is 20.9 Å². The highest BCUT2D eigenvalue weighted by Crippen LogP contribution is 2.13. The van der Waals surface area contributed by atoms with Gasteiger partial charge in [-0.3, -0.25) is 4.79 Å². The molecule has 1 heterocycles. The first-order chi connectivity index (χ1) is 8.74. The van der Waals surface area contributed by atoms with Crippen LogP contribution in [0.4, 0.5) is 0 Å². The number of carbonyl (C=O) groups is 1. The Hall–Kier alpha value is -0.910. The van der Waals surface area contributed by atoms with E-state index < -0.39 is 0 Å². The van der Waals surface area contributed by atoms with Gasteiger partial charge < -0.3 is 14.8 Å². The molecule has 0 amide bonds. The number of halogens is 1. The van der Waals surface area contributed by atoms with Gasteiger partial charge in [-0.1, -0.05) is 28.1 Å². The summed E-state index contributed by atoms with van der Waals surface area (Å²) in [6, 6.07) is 7.72. The van der Waals surface area contributed by atoms with Crippen molar-refractivity contribution in [3.8, 4) is 0 Å². The lowest BCUT2D eigenvalue weighted by molar-refractivity contribution is -0.148. The summed E-state index contributed by atoms with van der Waals surface area (Å²) >= 11 is 3.38. The highest BCUT2D eigenvalue weighted by molar-refractivity contribution is 9.10. The van der Waals surface area contributed by atoms with Crippen LogP contribution in [0.25, 0.3) is 0 Å². The third-order valence-corrected chi connectivity index (χ3v) is 3.18. The Morgan fingerprint density at radius 2 is 2.44 bits per heavy atom. The molecule has 5 heteroatoms. The minimum Gasteiger partial charge on any atom is -0.461 e. The number of nitrogens with one attached hydrogen (secondary N) is 1. The third-order valence-electron chi connectivity index (χ3n) is 2.69. The number of hydrogen-bond acceptors (Lipinski definition) is 4. The molecule has 1 atom stereocenters. The van der Waals surface area contributed by atoms with Crippen LogP contribution in [0, 0.1) is 0 Å². The standard InChI is InChI=1S/C13H16BrNO3/c14-11-3-1-2-10(6-11)9-18-13(16)7-12-8-15-4-5-17-12/h1-3,6,12,15H,4-5,7-9H2. The zero-order valence-corrected chi connectivity index (χ0v) is 11.6. The first-order valence-electron chi connectivity index (χ1n) is 5.96. The van der Waals surface area contributed by atoms with Crippen molar-refractivity contribution in [2.45, 2.75) is 19.1 Å². The van der Waals surface area contributed by atoms with E-state index in [9.17, 15) is 4.79 Å². The number of esters is 1. The van der Waals surface area contributed by atoms with Gasteiger partial charge in [0.15, 0.2) is 0 Å². The van der Waals surface area contributed by atoms with Crippen LogP contribution >= 0.6 is 15.9 Å². The highest BCUT2D eigenvalue weighted by atomic mass is 79.9. The van der Waals surface area contributed by atoms with Crippen molar-refractivity contribution in [2.24, 2.45) is 0 Å². The molecule has 1 aliphatic heterocycles. The molecule has 1 N–H and O–H groups in total. The number of ether oxygens (including phenoxy) is 2. The van der Waals surface area contributed by atoms with Gasteiger partial charge in [0, 0.05) is 17.6 Å². The number of morpholine rings is 1. The molecular weight excluding hydrogens is 298 g/mol. The van der Waals surface area contributed by atoms with Gasteiger partial charge >= 0.3 is 5.97 Å². The van der Waals surface area contributed by atoms with Crippen LogP contribution in [0.5, 0.6) is 0 Å². The number of hydrogen-bond donors (Lipinski definition) is 1. The molecule has 1 aliphatic rings. The molecule has 1 saturated heterocycles. The van der Waals surface area contributed by atoms with Crippen LogP contribution in [0.15, 0.2) is 28.7 Å². The maximum Gasteiger partial charge on any atom is 0.308 e. The summed E-state index contributed by atoms with van der Waals surface area (Å²) in [5, 5.41) is 3.18. The topological polar surface area (TPSA) is 47.6 Å². The van der Waals surface area contributed by atoms with Crippen molar-refractivity contribution < 1.29 is 14.3 Å². The first kappa shape index (κ1) is 13.5. The van der Waals surface area contributed by atoms with E-state index in [1.807, 2.05) is 24.3 Å². The van der Waals surface area contributed by atoms with Crippen LogP contribution in [-0.4, -0.2) is 31.8 Å². The molecule has 1 aromatic carbocycles. The lowest BCUT2D eigenvalue weighted by Gasteiger charge is -2.22. The van der Waals surface area contributed by atoms with Crippen LogP contribution in [0.3, 0.4) is 0 Å². The van der Waals surface area contributed by atoms with Crippen LogP contribution in [0.2, 0.25) is 0 Å². The zero-order chi connectivity index (χ0) is 12.8. The maximum absolute atomic E-state index is 11.6. The molecule has 4 nitrogen and oxygen atoms in total. The summed E-state index contributed by atoms with van der Waals surface area (Å²) in [5.41, 5.74) is 0.973. The van der Waals surface area contributed by atoms with Crippen molar-refractivity contribution in [3.05, 3.63) is 34.3 Å². The van der Waals surface area contributed by atoms with E-state index >= 15 is 0 Å². The highest BCUT2D eigenvalue weighted by Gasteiger charge is 2.18. The molecule has 2 rings (SSSR count). The molecule has 18 heavy (non-hydrogen) atoms. The molecule has 0 saturated carbocycles. The van der Waals surface area contributed by atoms with Gasteiger partial charge in [-0.15, -0.1) is 0 Å². The van der Waals surface area contributed by atoms with Crippen molar-refractivity contribution >= 4 is 21.9 Å². The molecule has 98 valence electrons. The largest absolute Gasteiger partial charge is 0.461 e. The first-order valence-corrected chi connectivity index (χ1v) is 6.76. The second-order valence-electron chi connectivity index (χ2n) is 4.19. The molecule has 0 aliphatic carbocycles. The molecule has 0 aromatic heterocycles. The predicted molar refractivity (Wildman–Crippen MR) is 71.2 cm³/mol. The van der Waals surface area contributed by atoms with E-state index in [2.05, 4.69) is 21.2 Å². The van der Waals surface area contributed by atoms with Crippen molar-refractivity contribution in [3.63, 3.8) is 0 Å². The van der Waals surface area contributed by atoms with Gasteiger partial charge in [0.1, 0.15) is 6.61 Å². The minimum absolute atomic E-state index is 0.0613. The Morgan fingerprint density at radius 3 is 3.17 bits per heavy atom. The Bertz CT molecular complexity index is 405. The average molecular weight is 314 g/mol. The second kappa shape index (κ2) is 6.87. The average Bonchev–Trinajstić information content (AvgIpc) is 2.38. The summed E-state index contributed by atoms with van der Waals surface area (Å²) in [6.45, 7) is 2.53. The minimum atomic E-state index is -0.219. The fourth-order valence-corrected chi connectivity index (χ4v) is 2.23. The van der Waals surface area contributed by atoms with Gasteiger partial charge in [0.25, 0.3) is 0 Å². The molecule has 1 fully saturated rings. The maximum atomic E-state index is 11.6. The van der Waals surface area contributed by atoms with Gasteiger partial charge in [0.2, 0.25) is 0 Å². The SMILES string of the molecule is O=C(CC1CNCCO1)OCc1cccc(Br)c1. The third kappa shape index (κ3) is 4.40. The fourth-order valence-electron chi connectivity index (χ4n) is 1.79.